The Morgan fingerprint density at radius 3 is 2.61 bits per heavy atom. The van der Waals surface area contributed by atoms with Crippen LogP contribution in [-0.4, -0.2) is 29.2 Å². The molecule has 7 heteroatoms. The second-order valence-electron chi connectivity index (χ2n) is 5.81. The Hall–Kier alpha value is -2.28. The zero-order valence-corrected chi connectivity index (χ0v) is 13.7. The van der Waals surface area contributed by atoms with Crippen LogP contribution in [0.5, 0.6) is 0 Å². The molecule has 1 fully saturated rings. The molecule has 1 aromatic heterocycles. The predicted molar refractivity (Wildman–Crippen MR) is 86.8 cm³/mol. The molecule has 1 aliphatic rings. The third-order valence-electron chi connectivity index (χ3n) is 4.48. The average Bonchev–Trinajstić information content (AvgIpc) is 3.08. The van der Waals surface area contributed by atoms with Gasteiger partial charge in [-0.25, -0.2) is 0 Å². The topological polar surface area (TPSA) is 81.2 Å². The first-order valence-corrected chi connectivity index (χ1v) is 8.18. The van der Waals surface area contributed by atoms with Gasteiger partial charge in [0.1, 0.15) is 10.5 Å². The smallest absolute Gasteiger partial charge is 0.309 e. The summed E-state index contributed by atoms with van der Waals surface area (Å²) in [5.74, 6) is -0.837. The van der Waals surface area contributed by atoms with Crippen LogP contribution in [0.4, 0.5) is 5.69 Å². The summed E-state index contributed by atoms with van der Waals surface area (Å²) >= 11 is 1.46. The van der Waals surface area contributed by atoms with E-state index in [-0.39, 0.29) is 17.8 Å². The lowest BCUT2D eigenvalue weighted by Crippen LogP contribution is -2.51. The Labute approximate surface area is 137 Å². The molecule has 2 atom stereocenters. The lowest BCUT2D eigenvalue weighted by atomic mass is 9.60. The van der Waals surface area contributed by atoms with Gasteiger partial charge < -0.3 is 10.1 Å². The zero-order valence-electron chi connectivity index (χ0n) is 12.9. The van der Waals surface area contributed by atoms with Gasteiger partial charge in [0.05, 0.1) is 18.4 Å². The highest BCUT2D eigenvalue weighted by Crippen LogP contribution is 2.47. The Balaban J connectivity index is 1.69. The second-order valence-corrected chi connectivity index (χ2v) is 6.64. The summed E-state index contributed by atoms with van der Waals surface area (Å²) in [6.45, 7) is 1.81. The van der Waals surface area contributed by atoms with Crippen molar-refractivity contribution in [1.29, 1.82) is 0 Å². The van der Waals surface area contributed by atoms with Gasteiger partial charge in [0.15, 0.2) is 0 Å². The van der Waals surface area contributed by atoms with Gasteiger partial charge in [0, 0.05) is 11.3 Å². The Morgan fingerprint density at radius 1 is 1.35 bits per heavy atom. The minimum atomic E-state index is -0.703. The molecule has 6 nitrogen and oxygen atoms in total. The Morgan fingerprint density at radius 2 is 2.09 bits per heavy atom. The molecule has 0 spiro atoms. The molecule has 1 aromatic carbocycles. The number of methoxy groups -OCH3 is 1. The van der Waals surface area contributed by atoms with E-state index in [2.05, 4.69) is 15.5 Å². The van der Waals surface area contributed by atoms with Gasteiger partial charge in [0.25, 0.3) is 0 Å². The van der Waals surface area contributed by atoms with Crippen molar-refractivity contribution < 1.29 is 14.3 Å². The van der Waals surface area contributed by atoms with Crippen molar-refractivity contribution >= 4 is 28.9 Å². The van der Waals surface area contributed by atoms with Crippen molar-refractivity contribution in [2.45, 2.75) is 19.8 Å². The molecule has 1 N–H and O–H groups in total. The summed E-state index contributed by atoms with van der Waals surface area (Å²) in [5.41, 5.74) is 2.62. The van der Waals surface area contributed by atoms with Crippen molar-refractivity contribution in [2.75, 3.05) is 12.4 Å². The van der Waals surface area contributed by atoms with Crippen LogP contribution in [-0.2, 0) is 14.3 Å². The number of benzene rings is 1. The number of anilines is 1. The highest BCUT2D eigenvalue weighted by Gasteiger charge is 2.53. The molecule has 2 aromatic rings. The fourth-order valence-corrected chi connectivity index (χ4v) is 3.34. The normalized spacial score (nSPS) is 23.0. The lowest BCUT2D eigenvalue weighted by Gasteiger charge is -2.43. The number of carbonyl (C=O) groups excluding carboxylic acids is 2. The third kappa shape index (κ3) is 2.84. The number of hydrogen-bond acceptors (Lipinski definition) is 6. The van der Waals surface area contributed by atoms with Crippen LogP contribution in [0, 0.1) is 11.3 Å². The molecule has 0 radical (unpaired) electrons. The number of rotatable bonds is 4. The molecule has 0 saturated heterocycles. The highest BCUT2D eigenvalue weighted by molar-refractivity contribution is 7.12. The highest BCUT2D eigenvalue weighted by atomic mass is 32.1. The summed E-state index contributed by atoms with van der Waals surface area (Å²) in [6, 6.07) is 7.42. The molecule has 3 rings (SSSR count). The van der Waals surface area contributed by atoms with Crippen LogP contribution in [0.15, 0.2) is 29.8 Å². The van der Waals surface area contributed by atoms with E-state index in [4.69, 9.17) is 4.74 Å². The fourth-order valence-electron chi connectivity index (χ4n) is 2.78. The number of aromatic nitrogens is 2. The number of nitrogens with zero attached hydrogens (tertiary/aromatic N) is 2. The zero-order chi connectivity index (χ0) is 16.4. The largest absolute Gasteiger partial charge is 0.469 e. The molecule has 0 unspecified atom stereocenters. The van der Waals surface area contributed by atoms with E-state index in [1.54, 1.807) is 5.51 Å². The van der Waals surface area contributed by atoms with E-state index in [0.29, 0.717) is 18.5 Å². The molecule has 1 aliphatic carbocycles. The fraction of sp³-hybridized carbons (Fsp3) is 0.375. The summed E-state index contributed by atoms with van der Waals surface area (Å²) < 4.78 is 4.78. The van der Waals surface area contributed by atoms with Gasteiger partial charge in [-0.15, -0.1) is 10.2 Å². The minimum absolute atomic E-state index is 0.150. The first-order chi connectivity index (χ1) is 11.0. The van der Waals surface area contributed by atoms with Crippen molar-refractivity contribution in [3.8, 4) is 10.6 Å². The van der Waals surface area contributed by atoms with Gasteiger partial charge in [0.2, 0.25) is 5.91 Å². The van der Waals surface area contributed by atoms with Gasteiger partial charge in [-0.05, 0) is 44.0 Å². The van der Waals surface area contributed by atoms with Crippen molar-refractivity contribution in [3.63, 3.8) is 0 Å². The maximum absolute atomic E-state index is 12.5. The molecule has 1 amide bonds. The Bertz CT molecular complexity index is 715. The van der Waals surface area contributed by atoms with E-state index < -0.39 is 5.41 Å². The van der Waals surface area contributed by atoms with Crippen LogP contribution >= 0.6 is 11.3 Å². The van der Waals surface area contributed by atoms with Crippen LogP contribution in [0.1, 0.15) is 19.8 Å². The van der Waals surface area contributed by atoms with E-state index in [1.807, 2.05) is 31.2 Å². The minimum Gasteiger partial charge on any atom is -0.469 e. The van der Waals surface area contributed by atoms with Crippen molar-refractivity contribution in [3.05, 3.63) is 29.8 Å². The quantitative estimate of drug-likeness (QED) is 0.871. The molecule has 23 heavy (non-hydrogen) atoms. The van der Waals surface area contributed by atoms with E-state index in [1.165, 1.54) is 18.4 Å². The molecule has 1 heterocycles. The monoisotopic (exact) mass is 331 g/mol. The van der Waals surface area contributed by atoms with Gasteiger partial charge in [-0.3, -0.25) is 9.59 Å². The van der Waals surface area contributed by atoms with Crippen LogP contribution in [0.2, 0.25) is 0 Å². The molecular weight excluding hydrogens is 314 g/mol. The number of carbonyl (C=O) groups is 2. The summed E-state index contributed by atoms with van der Waals surface area (Å²) in [5, 5.41) is 11.5. The standard InChI is InChI=1S/C16H17N3O3S/c1-16(8-7-12(16)14(20)22-2)15(21)18-11-5-3-10(4-6-11)13-19-17-9-23-13/h3-6,9,12H,7-8H2,1-2H3,(H,18,21)/t12-,16-/m0/s1. The SMILES string of the molecule is COC(=O)[C@@H]1CC[C@]1(C)C(=O)Nc1ccc(-c2nncs2)cc1. The molecule has 120 valence electrons. The van der Waals surface area contributed by atoms with Crippen LogP contribution < -0.4 is 5.32 Å². The van der Waals surface area contributed by atoms with Gasteiger partial charge in [-0.1, -0.05) is 11.3 Å². The van der Waals surface area contributed by atoms with Crippen molar-refractivity contribution in [2.24, 2.45) is 11.3 Å². The number of esters is 1. The maximum Gasteiger partial charge on any atom is 0.309 e. The maximum atomic E-state index is 12.5. The van der Waals surface area contributed by atoms with E-state index >= 15 is 0 Å². The van der Waals surface area contributed by atoms with Gasteiger partial charge in [-0.2, -0.15) is 0 Å². The third-order valence-corrected chi connectivity index (χ3v) is 5.22. The summed E-state index contributed by atoms with van der Waals surface area (Å²) in [7, 11) is 1.35. The Kier molecular flexibility index (Phi) is 4.12. The average molecular weight is 331 g/mol. The number of hydrogen-bond donors (Lipinski definition) is 1. The van der Waals surface area contributed by atoms with Crippen LogP contribution in [0.25, 0.3) is 10.6 Å². The predicted octanol–water partition coefficient (Wildman–Crippen LogP) is 2.73. The van der Waals surface area contributed by atoms with Crippen molar-refractivity contribution in [1.82, 2.24) is 10.2 Å². The summed E-state index contributed by atoms with van der Waals surface area (Å²) in [6.07, 6.45) is 1.37. The molecule has 0 aliphatic heterocycles. The number of nitrogens with one attached hydrogen (secondary N) is 1. The van der Waals surface area contributed by atoms with E-state index in [0.717, 1.165) is 10.6 Å². The number of amides is 1. The summed E-state index contributed by atoms with van der Waals surface area (Å²) in [4.78, 5) is 24.3. The lowest BCUT2D eigenvalue weighted by molar-refractivity contribution is -0.162. The van der Waals surface area contributed by atoms with Gasteiger partial charge >= 0.3 is 5.97 Å². The molecular formula is C16H17N3O3S. The number of ether oxygens (including phenoxy) is 1. The molecule has 1 saturated carbocycles. The van der Waals surface area contributed by atoms with Crippen LogP contribution in [0.3, 0.4) is 0 Å². The first kappa shape index (κ1) is 15.6. The molecule has 0 bridgehead atoms. The second kappa shape index (κ2) is 6.08. The van der Waals surface area contributed by atoms with E-state index in [9.17, 15) is 9.59 Å². The first-order valence-electron chi connectivity index (χ1n) is 7.30.